The van der Waals surface area contributed by atoms with Crippen LogP contribution in [0.3, 0.4) is 0 Å². The van der Waals surface area contributed by atoms with Crippen LogP contribution >= 0.6 is 21.6 Å². The van der Waals surface area contributed by atoms with Crippen LogP contribution in [0.4, 0.5) is 5.69 Å². The van der Waals surface area contributed by atoms with Crippen LogP contribution in [0.5, 0.6) is 0 Å². The molecule has 2 aromatic carbocycles. The van der Waals surface area contributed by atoms with E-state index in [2.05, 4.69) is 0 Å². The lowest BCUT2D eigenvalue weighted by atomic mass is 10.1. The Hall–Kier alpha value is -1.99. The summed E-state index contributed by atoms with van der Waals surface area (Å²) >= 11 is 0. The molecule has 2 aromatic rings. The van der Waals surface area contributed by atoms with E-state index in [1.165, 1.54) is 27.7 Å². The third-order valence-electron chi connectivity index (χ3n) is 2.82. The zero-order valence-electron chi connectivity index (χ0n) is 11.5. The number of carbonyl (C=O) groups excluding carboxylic acids is 1. The summed E-state index contributed by atoms with van der Waals surface area (Å²) in [5.41, 5.74) is 0.970. The maximum Gasteiger partial charge on any atom is 0.293 e. The van der Waals surface area contributed by atoms with Gasteiger partial charge in [-0.3, -0.25) is 14.9 Å². The van der Waals surface area contributed by atoms with Gasteiger partial charge in [0.15, 0.2) is 0 Å². The third kappa shape index (κ3) is 4.51. The molecule has 1 unspecified atom stereocenters. The average Bonchev–Trinajstić information content (AvgIpc) is 2.55. The van der Waals surface area contributed by atoms with Crippen LogP contribution in [0.15, 0.2) is 59.5 Å². The van der Waals surface area contributed by atoms with Crippen LogP contribution in [0.25, 0.3) is 0 Å². The zero-order valence-corrected chi connectivity index (χ0v) is 13.1. The molecule has 0 aliphatic heterocycles. The molecule has 0 aromatic heterocycles. The molecule has 0 aliphatic rings. The maximum atomic E-state index is 11.0. The van der Waals surface area contributed by atoms with Crippen molar-refractivity contribution in [1.29, 1.82) is 0 Å². The number of carbonyl (C=O) groups is 1. The first-order valence-electron chi connectivity index (χ1n) is 6.39. The first-order chi connectivity index (χ1) is 10.7. The van der Waals surface area contributed by atoms with Gasteiger partial charge in [-0.05, 0) is 11.6 Å². The van der Waals surface area contributed by atoms with Gasteiger partial charge in [0.1, 0.15) is 6.10 Å². The first-order valence-corrected chi connectivity index (χ1v) is 8.71. The van der Waals surface area contributed by atoms with E-state index in [0.29, 0.717) is 17.1 Å². The molecule has 0 saturated carbocycles. The Morgan fingerprint density at radius 2 is 1.82 bits per heavy atom. The average molecular weight is 335 g/mol. The molecule has 0 radical (unpaired) electrons. The Bertz CT molecular complexity index is 636. The smallest absolute Gasteiger partial charge is 0.293 e. The molecule has 0 bridgehead atoms. The van der Waals surface area contributed by atoms with Crippen molar-refractivity contribution in [2.45, 2.75) is 11.0 Å². The number of hydrogen-bond acceptors (Lipinski definition) is 6. The molecule has 2 rings (SSSR count). The fraction of sp³-hybridized carbons (Fsp3) is 0.133. The lowest BCUT2D eigenvalue weighted by Crippen LogP contribution is -2.05. The molecule has 0 spiro atoms. The van der Waals surface area contributed by atoms with Crippen LogP contribution in [-0.2, 0) is 9.53 Å². The Balaban J connectivity index is 1.99. The largest absolute Gasteiger partial charge is 0.459 e. The number of hydrogen-bond donors (Lipinski definition) is 0. The maximum absolute atomic E-state index is 11.0. The van der Waals surface area contributed by atoms with E-state index in [9.17, 15) is 14.9 Å². The fourth-order valence-electron chi connectivity index (χ4n) is 1.79. The number of para-hydroxylation sites is 1. The van der Waals surface area contributed by atoms with Crippen molar-refractivity contribution in [2.24, 2.45) is 0 Å². The van der Waals surface area contributed by atoms with E-state index < -0.39 is 4.92 Å². The minimum absolute atomic E-state index is 0.0765. The number of ether oxygens (including phenoxy) is 1. The Morgan fingerprint density at radius 3 is 2.50 bits per heavy atom. The van der Waals surface area contributed by atoms with Crippen molar-refractivity contribution in [1.82, 2.24) is 0 Å². The van der Waals surface area contributed by atoms with Gasteiger partial charge in [0, 0.05) is 11.8 Å². The van der Waals surface area contributed by atoms with Crippen molar-refractivity contribution in [2.75, 3.05) is 5.75 Å². The van der Waals surface area contributed by atoms with Gasteiger partial charge in [-0.2, -0.15) is 0 Å². The summed E-state index contributed by atoms with van der Waals surface area (Å²) < 4.78 is 5.10. The predicted molar refractivity (Wildman–Crippen MR) is 87.7 cm³/mol. The van der Waals surface area contributed by atoms with E-state index >= 15 is 0 Å². The Kier molecular flexibility index (Phi) is 6.29. The fourth-order valence-corrected chi connectivity index (χ4v) is 4.12. The highest BCUT2D eigenvalue weighted by Crippen LogP contribution is 2.39. The summed E-state index contributed by atoms with van der Waals surface area (Å²) in [7, 11) is 2.71. The van der Waals surface area contributed by atoms with Gasteiger partial charge < -0.3 is 4.74 Å². The van der Waals surface area contributed by atoms with Crippen molar-refractivity contribution < 1.29 is 14.5 Å². The molecule has 5 nitrogen and oxygen atoms in total. The summed E-state index contributed by atoms with van der Waals surface area (Å²) in [4.78, 5) is 21.8. The molecule has 0 saturated heterocycles. The highest BCUT2D eigenvalue weighted by atomic mass is 33.1. The zero-order chi connectivity index (χ0) is 15.8. The van der Waals surface area contributed by atoms with Crippen LogP contribution in [0.1, 0.15) is 11.7 Å². The monoisotopic (exact) mass is 335 g/mol. The van der Waals surface area contributed by atoms with Gasteiger partial charge in [0.25, 0.3) is 12.2 Å². The second kappa shape index (κ2) is 8.45. The van der Waals surface area contributed by atoms with E-state index in [1.54, 1.807) is 18.2 Å². The van der Waals surface area contributed by atoms with Gasteiger partial charge in [-0.15, -0.1) is 0 Å². The topological polar surface area (TPSA) is 69.4 Å². The molecule has 114 valence electrons. The van der Waals surface area contributed by atoms with Crippen molar-refractivity contribution >= 4 is 33.7 Å². The molecule has 0 amide bonds. The molecular formula is C15H13NO4S2. The van der Waals surface area contributed by atoms with Crippen LogP contribution in [0.2, 0.25) is 0 Å². The summed E-state index contributed by atoms with van der Waals surface area (Å²) in [5, 5.41) is 11.0. The normalized spacial score (nSPS) is 11.6. The predicted octanol–water partition coefficient (Wildman–Crippen LogP) is 4.25. The van der Waals surface area contributed by atoms with Crippen LogP contribution in [-0.4, -0.2) is 17.1 Å². The van der Waals surface area contributed by atoms with E-state index in [-0.39, 0.29) is 11.8 Å². The van der Waals surface area contributed by atoms with Gasteiger partial charge in [-0.1, -0.05) is 64.1 Å². The summed E-state index contributed by atoms with van der Waals surface area (Å²) in [5.74, 6) is 0.499. The molecule has 1 atom stereocenters. The van der Waals surface area contributed by atoms with Crippen molar-refractivity contribution in [3.63, 3.8) is 0 Å². The number of rotatable bonds is 8. The van der Waals surface area contributed by atoms with E-state index in [1.807, 2.05) is 30.3 Å². The molecule has 22 heavy (non-hydrogen) atoms. The lowest BCUT2D eigenvalue weighted by molar-refractivity contribution is -0.387. The first kappa shape index (κ1) is 16.4. The lowest BCUT2D eigenvalue weighted by Gasteiger charge is -2.14. The quantitative estimate of drug-likeness (QED) is 0.311. The highest BCUT2D eigenvalue weighted by molar-refractivity contribution is 8.76. The van der Waals surface area contributed by atoms with Gasteiger partial charge in [0.05, 0.1) is 9.82 Å². The molecule has 7 heteroatoms. The van der Waals surface area contributed by atoms with Crippen LogP contribution < -0.4 is 0 Å². The van der Waals surface area contributed by atoms with Gasteiger partial charge in [0.2, 0.25) is 0 Å². The summed E-state index contributed by atoms with van der Waals surface area (Å²) in [6.07, 6.45) is -0.376. The minimum atomic E-state index is -0.403. The molecule has 0 fully saturated rings. The summed E-state index contributed by atoms with van der Waals surface area (Å²) in [6.45, 7) is 0.424. The van der Waals surface area contributed by atoms with Crippen molar-refractivity contribution in [3.05, 3.63) is 70.3 Å². The van der Waals surface area contributed by atoms with Gasteiger partial charge in [-0.25, -0.2) is 0 Å². The molecule has 0 aliphatic carbocycles. The van der Waals surface area contributed by atoms with E-state index in [4.69, 9.17) is 4.74 Å². The number of nitrogens with zero attached hydrogens (tertiary/aromatic N) is 1. The van der Waals surface area contributed by atoms with Gasteiger partial charge >= 0.3 is 0 Å². The van der Waals surface area contributed by atoms with E-state index in [0.717, 1.165) is 5.56 Å². The number of benzene rings is 2. The SMILES string of the molecule is O=COC(CSSc1ccccc1[N+](=O)[O-])c1ccccc1. The standard InChI is InChI=1S/C15H13NO4S2/c17-11-20-14(12-6-2-1-3-7-12)10-21-22-15-9-5-4-8-13(15)16(18)19/h1-9,11,14H,10H2. The molecular weight excluding hydrogens is 322 g/mol. The van der Waals surface area contributed by atoms with Crippen LogP contribution in [0, 0.1) is 10.1 Å². The Morgan fingerprint density at radius 1 is 1.14 bits per heavy atom. The molecule has 0 heterocycles. The third-order valence-corrected chi connectivity index (χ3v) is 5.20. The second-order valence-corrected chi connectivity index (χ2v) is 6.61. The minimum Gasteiger partial charge on any atom is -0.459 e. The van der Waals surface area contributed by atoms with Crippen molar-refractivity contribution in [3.8, 4) is 0 Å². The highest BCUT2D eigenvalue weighted by Gasteiger charge is 2.16. The number of nitro groups is 1. The summed E-state index contributed by atoms with van der Waals surface area (Å²) in [6, 6.07) is 16.0. The second-order valence-electron chi connectivity index (χ2n) is 4.22. The molecule has 0 N–H and O–H groups in total. The Labute approximate surface area is 135 Å². The number of nitro benzene ring substituents is 1.